The van der Waals surface area contributed by atoms with Gasteiger partial charge in [-0.2, -0.15) is 0 Å². The first-order valence-corrected chi connectivity index (χ1v) is 6.86. The van der Waals surface area contributed by atoms with Crippen molar-refractivity contribution in [2.45, 2.75) is 26.8 Å². The molecule has 0 radical (unpaired) electrons. The number of rotatable bonds is 8. The highest BCUT2D eigenvalue weighted by Gasteiger charge is 2.09. The number of ether oxygens (including phenoxy) is 2. The van der Waals surface area contributed by atoms with E-state index in [2.05, 4.69) is 32.2 Å². The van der Waals surface area contributed by atoms with Crippen LogP contribution in [0.4, 0.5) is 0 Å². The molecule has 0 heterocycles. The Morgan fingerprint density at radius 1 is 1.35 bits per heavy atom. The van der Waals surface area contributed by atoms with Gasteiger partial charge in [0.1, 0.15) is 6.61 Å². The Kier molecular flexibility index (Phi) is 7.12. The van der Waals surface area contributed by atoms with Gasteiger partial charge >= 0.3 is 0 Å². The molecule has 4 heteroatoms. The Morgan fingerprint density at radius 3 is 2.70 bits per heavy atom. The topological polar surface area (TPSA) is 50.7 Å². The summed E-state index contributed by atoms with van der Waals surface area (Å²) in [5.41, 5.74) is 2.44. The van der Waals surface area contributed by atoms with Gasteiger partial charge in [-0.25, -0.2) is 0 Å². The molecule has 1 unspecified atom stereocenters. The van der Waals surface area contributed by atoms with Crippen LogP contribution in [-0.2, 0) is 0 Å². The third-order valence-electron chi connectivity index (χ3n) is 2.97. The molecule has 0 fully saturated rings. The second-order valence-corrected chi connectivity index (χ2v) is 4.89. The van der Waals surface area contributed by atoms with Crippen LogP contribution in [0, 0.1) is 0 Å². The lowest BCUT2D eigenvalue weighted by Gasteiger charge is -2.16. The number of allylic oxidation sites excluding steroid dienone is 1. The van der Waals surface area contributed by atoms with Crippen LogP contribution in [0.25, 0.3) is 0 Å². The molecule has 0 amide bonds. The van der Waals surface area contributed by atoms with Gasteiger partial charge in [0.25, 0.3) is 0 Å². The van der Waals surface area contributed by atoms with E-state index in [0.717, 1.165) is 12.1 Å². The molecule has 112 valence electrons. The fourth-order valence-electron chi connectivity index (χ4n) is 1.79. The Morgan fingerprint density at radius 2 is 2.10 bits per heavy atom. The van der Waals surface area contributed by atoms with Crippen molar-refractivity contribution in [1.82, 2.24) is 5.32 Å². The van der Waals surface area contributed by atoms with Crippen molar-refractivity contribution in [2.75, 3.05) is 26.9 Å². The largest absolute Gasteiger partial charge is 0.493 e. The van der Waals surface area contributed by atoms with Crippen LogP contribution in [0.5, 0.6) is 11.5 Å². The van der Waals surface area contributed by atoms with E-state index in [-0.39, 0.29) is 19.3 Å². The molecule has 0 spiro atoms. The number of aliphatic hydroxyl groups is 1. The first-order chi connectivity index (χ1) is 9.58. The predicted molar refractivity (Wildman–Crippen MR) is 81.4 cm³/mol. The molecule has 1 aromatic carbocycles. The Labute approximate surface area is 121 Å². The third-order valence-corrected chi connectivity index (χ3v) is 2.97. The average Bonchev–Trinajstić information content (AvgIpc) is 2.44. The van der Waals surface area contributed by atoms with Gasteiger partial charge in [0.15, 0.2) is 11.5 Å². The SMILES string of the molecule is COc1cc(C(C)NCC=C(C)C)ccc1OCCO. The highest BCUT2D eigenvalue weighted by molar-refractivity contribution is 5.43. The third kappa shape index (κ3) is 5.23. The first kappa shape index (κ1) is 16.5. The van der Waals surface area contributed by atoms with Crippen LogP contribution in [0.2, 0.25) is 0 Å². The molecule has 1 atom stereocenters. The second kappa shape index (κ2) is 8.61. The molecule has 20 heavy (non-hydrogen) atoms. The lowest BCUT2D eigenvalue weighted by Crippen LogP contribution is -2.18. The number of benzene rings is 1. The maximum Gasteiger partial charge on any atom is 0.161 e. The smallest absolute Gasteiger partial charge is 0.161 e. The van der Waals surface area contributed by atoms with Crippen LogP contribution in [-0.4, -0.2) is 32.0 Å². The fraction of sp³-hybridized carbons (Fsp3) is 0.500. The summed E-state index contributed by atoms with van der Waals surface area (Å²) in [6.45, 7) is 7.39. The number of aliphatic hydroxyl groups excluding tert-OH is 1. The van der Waals surface area contributed by atoms with Crippen LogP contribution in [0.15, 0.2) is 29.8 Å². The number of hydrogen-bond acceptors (Lipinski definition) is 4. The summed E-state index contributed by atoms with van der Waals surface area (Å²) in [5, 5.41) is 12.2. The van der Waals surface area contributed by atoms with Gasteiger partial charge in [0.05, 0.1) is 13.7 Å². The standard InChI is InChI=1S/C16H25NO3/c1-12(2)7-8-17-13(3)14-5-6-15(20-10-9-18)16(11-14)19-4/h5-7,11,13,17-18H,8-10H2,1-4H3. The first-order valence-electron chi connectivity index (χ1n) is 6.86. The molecule has 0 aromatic heterocycles. The van der Waals surface area contributed by atoms with Crippen molar-refractivity contribution in [3.05, 3.63) is 35.4 Å². The molecular formula is C16H25NO3. The van der Waals surface area contributed by atoms with Crippen LogP contribution < -0.4 is 14.8 Å². The summed E-state index contributed by atoms with van der Waals surface area (Å²) in [4.78, 5) is 0. The molecule has 4 nitrogen and oxygen atoms in total. The molecule has 1 rings (SSSR count). The summed E-state index contributed by atoms with van der Waals surface area (Å²) in [5.74, 6) is 1.34. The second-order valence-electron chi connectivity index (χ2n) is 4.89. The predicted octanol–water partition coefficient (Wildman–Crippen LogP) is 2.68. The van der Waals surface area contributed by atoms with Gasteiger partial charge in [-0.1, -0.05) is 17.7 Å². The average molecular weight is 279 g/mol. The Balaban J connectivity index is 2.73. The molecule has 0 saturated heterocycles. The lowest BCUT2D eigenvalue weighted by atomic mass is 10.1. The molecule has 2 N–H and O–H groups in total. The van der Waals surface area contributed by atoms with Crippen molar-refractivity contribution in [1.29, 1.82) is 0 Å². The minimum atomic E-state index is -0.00837. The van der Waals surface area contributed by atoms with Crippen molar-refractivity contribution in [3.63, 3.8) is 0 Å². The van der Waals surface area contributed by atoms with Crippen molar-refractivity contribution in [2.24, 2.45) is 0 Å². The van der Waals surface area contributed by atoms with Gasteiger partial charge < -0.3 is 19.9 Å². The highest BCUT2D eigenvalue weighted by atomic mass is 16.5. The van der Waals surface area contributed by atoms with E-state index in [1.807, 2.05) is 18.2 Å². The minimum Gasteiger partial charge on any atom is -0.493 e. The fourth-order valence-corrected chi connectivity index (χ4v) is 1.79. The Hall–Kier alpha value is -1.52. The summed E-state index contributed by atoms with van der Waals surface area (Å²) < 4.78 is 10.7. The maximum atomic E-state index is 8.79. The van der Waals surface area contributed by atoms with E-state index in [1.54, 1.807) is 7.11 Å². The molecular weight excluding hydrogens is 254 g/mol. The molecule has 1 aromatic rings. The van der Waals surface area contributed by atoms with Gasteiger partial charge in [0.2, 0.25) is 0 Å². The molecule has 0 aliphatic rings. The van der Waals surface area contributed by atoms with E-state index in [1.165, 1.54) is 5.57 Å². The Bertz CT molecular complexity index is 439. The summed E-state index contributed by atoms with van der Waals surface area (Å²) in [6.07, 6.45) is 2.16. The maximum absolute atomic E-state index is 8.79. The van der Waals surface area contributed by atoms with Gasteiger partial charge in [0, 0.05) is 12.6 Å². The quantitative estimate of drug-likeness (QED) is 0.718. The normalized spacial score (nSPS) is 11.8. The number of methoxy groups -OCH3 is 1. The van der Waals surface area contributed by atoms with Crippen LogP contribution in [0.1, 0.15) is 32.4 Å². The summed E-state index contributed by atoms with van der Waals surface area (Å²) >= 11 is 0. The zero-order chi connectivity index (χ0) is 15.0. The van der Waals surface area contributed by atoms with Gasteiger partial charge in [-0.3, -0.25) is 0 Å². The minimum absolute atomic E-state index is 0.00837. The highest BCUT2D eigenvalue weighted by Crippen LogP contribution is 2.30. The molecule has 0 bridgehead atoms. The number of nitrogens with one attached hydrogen (secondary N) is 1. The monoisotopic (exact) mass is 279 g/mol. The van der Waals surface area contributed by atoms with E-state index < -0.39 is 0 Å². The van der Waals surface area contributed by atoms with E-state index in [9.17, 15) is 0 Å². The molecule has 0 aliphatic carbocycles. The van der Waals surface area contributed by atoms with Gasteiger partial charge in [-0.15, -0.1) is 0 Å². The van der Waals surface area contributed by atoms with Crippen LogP contribution in [0.3, 0.4) is 0 Å². The molecule has 0 aliphatic heterocycles. The van der Waals surface area contributed by atoms with Crippen molar-refractivity contribution < 1.29 is 14.6 Å². The number of hydrogen-bond donors (Lipinski definition) is 2. The van der Waals surface area contributed by atoms with Crippen molar-refractivity contribution >= 4 is 0 Å². The zero-order valence-corrected chi connectivity index (χ0v) is 12.8. The summed E-state index contributed by atoms with van der Waals surface area (Å²) in [6, 6.07) is 6.08. The molecule has 0 saturated carbocycles. The van der Waals surface area contributed by atoms with Crippen LogP contribution >= 0.6 is 0 Å². The lowest BCUT2D eigenvalue weighted by molar-refractivity contribution is 0.196. The van der Waals surface area contributed by atoms with E-state index in [0.29, 0.717) is 11.5 Å². The van der Waals surface area contributed by atoms with Gasteiger partial charge in [-0.05, 0) is 38.5 Å². The van der Waals surface area contributed by atoms with E-state index in [4.69, 9.17) is 14.6 Å². The van der Waals surface area contributed by atoms with Crippen molar-refractivity contribution in [3.8, 4) is 11.5 Å². The summed E-state index contributed by atoms with van der Waals surface area (Å²) in [7, 11) is 1.62. The van der Waals surface area contributed by atoms with E-state index >= 15 is 0 Å². The zero-order valence-electron chi connectivity index (χ0n) is 12.8.